The van der Waals surface area contributed by atoms with Crippen molar-refractivity contribution in [3.05, 3.63) is 30.1 Å². The monoisotopic (exact) mass is 273 g/mol. The van der Waals surface area contributed by atoms with Crippen LogP contribution in [0, 0.1) is 0 Å². The number of likely N-dealkylation sites (tertiary alicyclic amines) is 1. The van der Waals surface area contributed by atoms with E-state index < -0.39 is 0 Å². The maximum Gasteiger partial charge on any atom is 0.243 e. The van der Waals surface area contributed by atoms with Crippen molar-refractivity contribution in [3.8, 4) is 0 Å². The molecular weight excluding hydrogens is 250 g/mol. The maximum absolute atomic E-state index is 12.9. The van der Waals surface area contributed by atoms with Crippen molar-refractivity contribution in [2.75, 3.05) is 13.1 Å². The molecule has 1 aromatic heterocycles. The Labute approximate surface area is 120 Å². The van der Waals surface area contributed by atoms with Crippen molar-refractivity contribution in [2.24, 2.45) is 0 Å². The Morgan fingerprint density at radius 2 is 2.35 bits per heavy atom. The molecule has 108 valence electrons. The molecule has 1 amide bonds. The molecule has 1 aromatic rings. The van der Waals surface area contributed by atoms with Crippen LogP contribution in [0.25, 0.3) is 0 Å². The Morgan fingerprint density at radius 3 is 3.05 bits per heavy atom. The number of piperidine rings is 1. The lowest BCUT2D eigenvalue weighted by Gasteiger charge is -2.38. The van der Waals surface area contributed by atoms with Gasteiger partial charge in [-0.3, -0.25) is 9.78 Å². The molecule has 3 rings (SSSR count). The third-order valence-electron chi connectivity index (χ3n) is 4.67. The van der Waals surface area contributed by atoms with Gasteiger partial charge in [-0.15, -0.1) is 0 Å². The number of pyridine rings is 1. The fraction of sp³-hybridized carbons (Fsp3) is 0.625. The van der Waals surface area contributed by atoms with E-state index in [-0.39, 0.29) is 17.5 Å². The van der Waals surface area contributed by atoms with E-state index >= 15 is 0 Å². The van der Waals surface area contributed by atoms with E-state index in [1.54, 1.807) is 6.20 Å². The first-order valence-corrected chi connectivity index (χ1v) is 7.67. The molecule has 4 nitrogen and oxygen atoms in total. The number of hydrogen-bond donors (Lipinski definition) is 1. The first-order valence-electron chi connectivity index (χ1n) is 7.67. The van der Waals surface area contributed by atoms with Gasteiger partial charge in [-0.05, 0) is 57.2 Å². The minimum atomic E-state index is -0.372. The van der Waals surface area contributed by atoms with Gasteiger partial charge in [0, 0.05) is 18.9 Å². The van der Waals surface area contributed by atoms with Crippen LogP contribution >= 0.6 is 0 Å². The van der Waals surface area contributed by atoms with E-state index in [2.05, 4.69) is 28.2 Å². The number of amides is 1. The first-order chi connectivity index (χ1) is 9.71. The molecule has 0 spiro atoms. The van der Waals surface area contributed by atoms with E-state index in [0.29, 0.717) is 0 Å². The molecule has 3 heterocycles. The molecule has 4 heteroatoms. The van der Waals surface area contributed by atoms with Crippen molar-refractivity contribution in [3.63, 3.8) is 0 Å². The van der Waals surface area contributed by atoms with E-state index in [0.717, 1.165) is 44.3 Å². The summed E-state index contributed by atoms with van der Waals surface area (Å²) >= 11 is 0. The highest BCUT2D eigenvalue weighted by Crippen LogP contribution is 2.34. The van der Waals surface area contributed by atoms with Crippen LogP contribution in [0.4, 0.5) is 0 Å². The summed E-state index contributed by atoms with van der Waals surface area (Å²) in [5, 5.41) is 3.44. The summed E-state index contributed by atoms with van der Waals surface area (Å²) in [4.78, 5) is 19.2. The van der Waals surface area contributed by atoms with Gasteiger partial charge in [0.2, 0.25) is 5.91 Å². The van der Waals surface area contributed by atoms with E-state index in [1.807, 2.05) is 12.3 Å². The third-order valence-corrected chi connectivity index (χ3v) is 4.67. The number of carbonyl (C=O) groups is 1. The van der Waals surface area contributed by atoms with Crippen LogP contribution in [0.1, 0.15) is 50.6 Å². The van der Waals surface area contributed by atoms with E-state index in [9.17, 15) is 4.79 Å². The maximum atomic E-state index is 12.9. The Bertz CT molecular complexity index is 468. The fourth-order valence-corrected chi connectivity index (χ4v) is 3.49. The second kappa shape index (κ2) is 5.52. The smallest absolute Gasteiger partial charge is 0.243 e. The molecule has 2 aliphatic heterocycles. The number of nitrogens with one attached hydrogen (secondary N) is 1. The second-order valence-electron chi connectivity index (χ2n) is 6.16. The average Bonchev–Trinajstić information content (AvgIpc) is 2.97. The number of carbonyl (C=O) groups excluding carboxylic acids is 1. The Kier molecular flexibility index (Phi) is 3.74. The lowest BCUT2D eigenvalue weighted by atomic mass is 9.89. The number of hydrogen-bond acceptors (Lipinski definition) is 3. The van der Waals surface area contributed by atoms with Gasteiger partial charge >= 0.3 is 0 Å². The normalized spacial score (nSPS) is 30.4. The number of rotatable bonds is 2. The molecule has 2 fully saturated rings. The molecular formula is C16H23N3O. The summed E-state index contributed by atoms with van der Waals surface area (Å²) in [6.45, 7) is 3.89. The molecule has 0 saturated carbocycles. The molecule has 0 aliphatic carbocycles. The van der Waals surface area contributed by atoms with Gasteiger partial charge in [-0.1, -0.05) is 6.07 Å². The van der Waals surface area contributed by atoms with E-state index in [1.165, 1.54) is 6.42 Å². The quantitative estimate of drug-likeness (QED) is 0.899. The molecule has 20 heavy (non-hydrogen) atoms. The summed E-state index contributed by atoms with van der Waals surface area (Å²) in [6, 6.07) is 4.24. The second-order valence-corrected chi connectivity index (χ2v) is 6.16. The topological polar surface area (TPSA) is 45.2 Å². The Hall–Kier alpha value is -1.42. The van der Waals surface area contributed by atoms with Crippen molar-refractivity contribution >= 4 is 5.91 Å². The fourth-order valence-electron chi connectivity index (χ4n) is 3.49. The summed E-state index contributed by atoms with van der Waals surface area (Å²) in [7, 11) is 0. The highest BCUT2D eigenvalue weighted by molar-refractivity contribution is 5.86. The van der Waals surface area contributed by atoms with Gasteiger partial charge in [0.1, 0.15) is 0 Å². The third kappa shape index (κ3) is 2.44. The van der Waals surface area contributed by atoms with Crippen LogP contribution in [0.5, 0.6) is 0 Å². The van der Waals surface area contributed by atoms with Gasteiger partial charge in [0.25, 0.3) is 0 Å². The molecule has 1 N–H and O–H groups in total. The predicted molar refractivity (Wildman–Crippen MR) is 78.2 cm³/mol. The standard InChI is InChI=1S/C16H23N3O/c1-16(8-2-3-10-18-16)15(20)19-11-5-7-14(19)13-6-4-9-17-12-13/h4,6,9,12,14,18H,2-3,5,7-8,10-11H2,1H3. The predicted octanol–water partition coefficient (Wildman–Crippen LogP) is 2.28. The van der Waals surface area contributed by atoms with Crippen LogP contribution in [0.3, 0.4) is 0 Å². The largest absolute Gasteiger partial charge is 0.334 e. The van der Waals surface area contributed by atoms with Crippen molar-refractivity contribution in [1.29, 1.82) is 0 Å². The van der Waals surface area contributed by atoms with Crippen molar-refractivity contribution < 1.29 is 4.79 Å². The minimum absolute atomic E-state index is 0.205. The summed E-state index contributed by atoms with van der Waals surface area (Å²) in [5.74, 6) is 0.267. The summed E-state index contributed by atoms with van der Waals surface area (Å²) in [6.07, 6.45) is 9.08. The van der Waals surface area contributed by atoms with Gasteiger partial charge < -0.3 is 10.2 Å². The molecule has 2 atom stereocenters. The lowest BCUT2D eigenvalue weighted by molar-refractivity contribution is -0.139. The zero-order valence-electron chi connectivity index (χ0n) is 12.1. The number of aromatic nitrogens is 1. The highest BCUT2D eigenvalue weighted by atomic mass is 16.2. The minimum Gasteiger partial charge on any atom is -0.334 e. The lowest BCUT2D eigenvalue weighted by Crippen LogP contribution is -2.57. The SMILES string of the molecule is CC1(C(=O)N2CCCC2c2cccnc2)CCCCN1. The Balaban J connectivity index is 1.80. The highest BCUT2D eigenvalue weighted by Gasteiger charge is 2.41. The first kappa shape index (κ1) is 13.6. The summed E-state index contributed by atoms with van der Waals surface area (Å²) < 4.78 is 0. The van der Waals surface area contributed by atoms with Crippen molar-refractivity contribution in [2.45, 2.75) is 50.6 Å². The molecule has 0 aromatic carbocycles. The van der Waals surface area contributed by atoms with Gasteiger partial charge in [0.15, 0.2) is 0 Å². The Morgan fingerprint density at radius 1 is 1.45 bits per heavy atom. The van der Waals surface area contributed by atoms with Crippen LogP contribution in [-0.4, -0.2) is 34.4 Å². The van der Waals surface area contributed by atoms with Gasteiger partial charge in [0.05, 0.1) is 11.6 Å². The van der Waals surface area contributed by atoms with Crippen LogP contribution < -0.4 is 5.32 Å². The van der Waals surface area contributed by atoms with Crippen molar-refractivity contribution in [1.82, 2.24) is 15.2 Å². The average molecular weight is 273 g/mol. The zero-order chi connectivity index (χ0) is 14.0. The summed E-state index contributed by atoms with van der Waals surface area (Å²) in [5.41, 5.74) is 0.793. The van der Waals surface area contributed by atoms with E-state index in [4.69, 9.17) is 0 Å². The molecule has 2 aliphatic rings. The van der Waals surface area contributed by atoms with Crippen LogP contribution in [0.2, 0.25) is 0 Å². The molecule has 2 unspecified atom stereocenters. The van der Waals surface area contributed by atoms with Crippen LogP contribution in [0.15, 0.2) is 24.5 Å². The number of nitrogens with zero attached hydrogens (tertiary/aromatic N) is 2. The van der Waals surface area contributed by atoms with Crippen LogP contribution in [-0.2, 0) is 4.79 Å². The van der Waals surface area contributed by atoms with Gasteiger partial charge in [-0.25, -0.2) is 0 Å². The molecule has 0 radical (unpaired) electrons. The molecule has 2 saturated heterocycles. The zero-order valence-corrected chi connectivity index (χ0v) is 12.1. The molecule has 0 bridgehead atoms. The van der Waals surface area contributed by atoms with Gasteiger partial charge in [-0.2, -0.15) is 0 Å².